The van der Waals surface area contributed by atoms with E-state index in [9.17, 15) is 4.79 Å². The van der Waals surface area contributed by atoms with Crippen molar-refractivity contribution in [2.75, 3.05) is 11.1 Å². The van der Waals surface area contributed by atoms with Crippen LogP contribution in [0.5, 0.6) is 0 Å². The molecule has 1 N–H and O–H groups in total. The summed E-state index contributed by atoms with van der Waals surface area (Å²) < 4.78 is 7.32. The van der Waals surface area contributed by atoms with Gasteiger partial charge in [0.25, 0.3) is 0 Å². The van der Waals surface area contributed by atoms with Gasteiger partial charge in [-0.25, -0.2) is 0 Å². The van der Waals surface area contributed by atoms with Crippen LogP contribution in [0.1, 0.15) is 18.2 Å². The van der Waals surface area contributed by atoms with E-state index in [1.54, 1.807) is 12.3 Å². The van der Waals surface area contributed by atoms with Crippen LogP contribution in [0, 0.1) is 13.8 Å². The summed E-state index contributed by atoms with van der Waals surface area (Å²) in [4.78, 5) is 12.3. The Morgan fingerprint density at radius 3 is 2.81 bits per heavy atom. The highest BCUT2D eigenvalue weighted by Crippen LogP contribution is 2.27. The molecule has 6 nitrogen and oxygen atoms in total. The van der Waals surface area contributed by atoms with Gasteiger partial charge in [-0.2, -0.15) is 0 Å². The van der Waals surface area contributed by atoms with Gasteiger partial charge in [-0.1, -0.05) is 29.4 Å². The third kappa shape index (κ3) is 3.78. The second-order valence-corrected chi connectivity index (χ2v) is 7.04. The molecule has 136 valence electrons. The smallest absolute Gasteiger partial charge is 0.234 e. The summed E-state index contributed by atoms with van der Waals surface area (Å²) in [5.41, 5.74) is 2.47. The first-order valence-electron chi connectivity index (χ1n) is 8.16. The molecule has 2 aromatic heterocycles. The van der Waals surface area contributed by atoms with Crippen LogP contribution in [0.25, 0.3) is 11.4 Å². The first kappa shape index (κ1) is 18.5. The Hall–Kier alpha value is -2.25. The second kappa shape index (κ2) is 7.97. The molecule has 2 heterocycles. The maximum absolute atomic E-state index is 12.3. The maximum Gasteiger partial charge on any atom is 0.234 e. The fraction of sp³-hybridized carbons (Fsp3) is 0.278. The van der Waals surface area contributed by atoms with Gasteiger partial charge in [-0.15, -0.1) is 10.2 Å². The van der Waals surface area contributed by atoms with Crippen molar-refractivity contribution in [2.45, 2.75) is 32.5 Å². The lowest BCUT2D eigenvalue weighted by Crippen LogP contribution is -2.15. The molecule has 0 fully saturated rings. The molecule has 0 saturated heterocycles. The molecule has 1 aromatic carbocycles. The maximum atomic E-state index is 12.3. The number of benzene rings is 1. The number of nitrogens with one attached hydrogen (secondary N) is 1. The molecule has 3 rings (SSSR count). The van der Waals surface area contributed by atoms with E-state index in [-0.39, 0.29) is 11.7 Å². The molecular formula is C18H19ClN4O2S. The van der Waals surface area contributed by atoms with Crippen molar-refractivity contribution in [1.82, 2.24) is 14.8 Å². The lowest BCUT2D eigenvalue weighted by molar-refractivity contribution is -0.113. The van der Waals surface area contributed by atoms with Crippen molar-refractivity contribution in [1.29, 1.82) is 0 Å². The Labute approximate surface area is 160 Å². The molecule has 0 bridgehead atoms. The van der Waals surface area contributed by atoms with Gasteiger partial charge in [0, 0.05) is 17.3 Å². The van der Waals surface area contributed by atoms with Gasteiger partial charge < -0.3 is 14.3 Å². The number of thioether (sulfide) groups is 1. The molecule has 8 heteroatoms. The molecule has 0 atom stereocenters. The van der Waals surface area contributed by atoms with E-state index < -0.39 is 0 Å². The number of carbonyl (C=O) groups excluding carboxylic acids is 1. The molecule has 26 heavy (non-hydrogen) atoms. The number of rotatable bonds is 6. The van der Waals surface area contributed by atoms with Gasteiger partial charge >= 0.3 is 0 Å². The lowest BCUT2D eigenvalue weighted by Gasteiger charge is -2.10. The van der Waals surface area contributed by atoms with Crippen molar-refractivity contribution in [2.24, 2.45) is 0 Å². The molecule has 0 radical (unpaired) electrons. The highest BCUT2D eigenvalue weighted by atomic mass is 35.5. The molecule has 1 amide bonds. The molecule has 0 unspecified atom stereocenters. The van der Waals surface area contributed by atoms with Crippen LogP contribution < -0.4 is 5.32 Å². The highest BCUT2D eigenvalue weighted by molar-refractivity contribution is 7.99. The van der Waals surface area contributed by atoms with E-state index in [2.05, 4.69) is 15.5 Å². The standard InChI is InChI=1S/C18H19ClN4O2S/c1-4-23-17(13-8-9-25-12(13)3)21-22-18(23)26-10-16(24)20-15-7-5-6-14(19)11(15)2/h5-9H,4,10H2,1-3H3,(H,20,24). The molecule has 0 saturated carbocycles. The van der Waals surface area contributed by atoms with Crippen LogP contribution in [0.2, 0.25) is 5.02 Å². The first-order chi connectivity index (χ1) is 12.5. The predicted molar refractivity (Wildman–Crippen MR) is 104 cm³/mol. The van der Waals surface area contributed by atoms with E-state index in [1.807, 2.05) is 43.5 Å². The lowest BCUT2D eigenvalue weighted by atomic mass is 10.2. The molecule has 0 aliphatic rings. The number of furan rings is 1. The second-order valence-electron chi connectivity index (χ2n) is 5.69. The molecule has 0 aliphatic carbocycles. The molecule has 0 spiro atoms. The Balaban J connectivity index is 1.70. The van der Waals surface area contributed by atoms with Crippen molar-refractivity contribution < 1.29 is 9.21 Å². The van der Waals surface area contributed by atoms with E-state index >= 15 is 0 Å². The number of hydrogen-bond donors (Lipinski definition) is 1. The molecule has 0 aliphatic heterocycles. The summed E-state index contributed by atoms with van der Waals surface area (Å²) in [7, 11) is 0. The van der Waals surface area contributed by atoms with Crippen LogP contribution in [-0.2, 0) is 11.3 Å². The quantitative estimate of drug-likeness (QED) is 0.624. The fourth-order valence-corrected chi connectivity index (χ4v) is 3.53. The monoisotopic (exact) mass is 390 g/mol. The number of hydrogen-bond acceptors (Lipinski definition) is 5. The van der Waals surface area contributed by atoms with Crippen molar-refractivity contribution in [3.8, 4) is 11.4 Å². The highest BCUT2D eigenvalue weighted by Gasteiger charge is 2.17. The minimum absolute atomic E-state index is 0.118. The number of amides is 1. The SMILES string of the molecule is CCn1c(SCC(=O)Nc2cccc(Cl)c2C)nnc1-c1ccoc1C. The van der Waals surface area contributed by atoms with E-state index in [1.165, 1.54) is 11.8 Å². The van der Waals surface area contributed by atoms with Gasteiger partial charge in [-0.05, 0) is 44.5 Å². The van der Waals surface area contributed by atoms with E-state index in [0.717, 1.165) is 28.4 Å². The fourth-order valence-electron chi connectivity index (χ4n) is 2.56. The van der Waals surface area contributed by atoms with Gasteiger partial charge in [-0.3, -0.25) is 4.79 Å². The topological polar surface area (TPSA) is 73.0 Å². The number of aromatic nitrogens is 3. The number of aryl methyl sites for hydroxylation is 1. The zero-order valence-corrected chi connectivity index (χ0v) is 16.3. The first-order valence-corrected chi connectivity index (χ1v) is 9.53. The van der Waals surface area contributed by atoms with Gasteiger partial charge in [0.2, 0.25) is 5.91 Å². The Morgan fingerprint density at radius 2 is 2.12 bits per heavy atom. The number of halogens is 1. The Bertz CT molecular complexity index is 935. The number of anilines is 1. The van der Waals surface area contributed by atoms with Crippen LogP contribution in [-0.4, -0.2) is 26.4 Å². The van der Waals surface area contributed by atoms with Crippen LogP contribution >= 0.6 is 23.4 Å². The van der Waals surface area contributed by atoms with Crippen LogP contribution in [0.15, 0.2) is 40.1 Å². The normalized spacial score (nSPS) is 10.9. The summed E-state index contributed by atoms with van der Waals surface area (Å²) in [6.45, 7) is 6.47. The van der Waals surface area contributed by atoms with Crippen LogP contribution in [0.4, 0.5) is 5.69 Å². The number of nitrogens with zero attached hydrogens (tertiary/aromatic N) is 3. The average Bonchev–Trinajstić information content (AvgIpc) is 3.22. The van der Waals surface area contributed by atoms with E-state index in [4.69, 9.17) is 16.0 Å². The van der Waals surface area contributed by atoms with Crippen molar-refractivity contribution >= 4 is 35.0 Å². The molecule has 3 aromatic rings. The van der Waals surface area contributed by atoms with Gasteiger partial charge in [0.05, 0.1) is 17.6 Å². The summed E-state index contributed by atoms with van der Waals surface area (Å²) in [6, 6.07) is 7.31. The Kier molecular flexibility index (Phi) is 5.68. The van der Waals surface area contributed by atoms with Crippen molar-refractivity contribution in [3.05, 3.63) is 46.9 Å². The molecular weight excluding hydrogens is 372 g/mol. The minimum atomic E-state index is -0.118. The zero-order chi connectivity index (χ0) is 18.7. The summed E-state index contributed by atoms with van der Waals surface area (Å²) in [5.74, 6) is 1.64. The third-order valence-corrected chi connectivity index (χ3v) is 5.38. The minimum Gasteiger partial charge on any atom is -0.469 e. The number of carbonyl (C=O) groups is 1. The zero-order valence-electron chi connectivity index (χ0n) is 14.7. The predicted octanol–water partition coefficient (Wildman–Crippen LogP) is 4.56. The van der Waals surface area contributed by atoms with Gasteiger partial charge in [0.15, 0.2) is 11.0 Å². The summed E-state index contributed by atoms with van der Waals surface area (Å²) in [6.07, 6.45) is 1.63. The largest absolute Gasteiger partial charge is 0.469 e. The van der Waals surface area contributed by atoms with E-state index in [0.29, 0.717) is 16.7 Å². The van der Waals surface area contributed by atoms with Crippen molar-refractivity contribution in [3.63, 3.8) is 0 Å². The van der Waals surface area contributed by atoms with Crippen LogP contribution in [0.3, 0.4) is 0 Å². The van der Waals surface area contributed by atoms with Gasteiger partial charge in [0.1, 0.15) is 5.76 Å². The summed E-state index contributed by atoms with van der Waals surface area (Å²) in [5, 5.41) is 12.7. The summed E-state index contributed by atoms with van der Waals surface area (Å²) >= 11 is 7.44. The Morgan fingerprint density at radius 1 is 1.31 bits per heavy atom. The third-order valence-electron chi connectivity index (χ3n) is 4.01. The average molecular weight is 391 g/mol.